The van der Waals surface area contributed by atoms with E-state index < -0.39 is 0 Å². The van der Waals surface area contributed by atoms with Gasteiger partial charge in [-0.25, -0.2) is 0 Å². The number of carbonyl (C=O) groups is 2. The summed E-state index contributed by atoms with van der Waals surface area (Å²) >= 11 is 0. The Morgan fingerprint density at radius 1 is 0.828 bits per heavy atom. The lowest BCUT2D eigenvalue weighted by molar-refractivity contribution is 0.101. The fourth-order valence-electron chi connectivity index (χ4n) is 2.73. The Bertz CT molecular complexity index is 1050. The molecule has 2 aromatic carbocycles. The zero-order chi connectivity index (χ0) is 20.8. The maximum Gasteiger partial charge on any atom is 0.257 e. The normalized spacial score (nSPS) is 10.2. The van der Waals surface area contributed by atoms with Gasteiger partial charge in [0.25, 0.3) is 5.91 Å². The smallest absolute Gasteiger partial charge is 0.257 e. The average Bonchev–Trinajstić information content (AvgIpc) is 2.74. The molecule has 0 fully saturated rings. The number of methoxy groups -OCH3 is 2. The lowest BCUT2D eigenvalue weighted by Crippen LogP contribution is -2.13. The van der Waals surface area contributed by atoms with Crippen molar-refractivity contribution in [3.05, 3.63) is 72.1 Å². The Morgan fingerprint density at radius 2 is 1.59 bits per heavy atom. The van der Waals surface area contributed by atoms with Gasteiger partial charge < -0.3 is 20.1 Å². The minimum absolute atomic E-state index is 0.0658. The number of pyridine rings is 1. The minimum Gasteiger partial charge on any atom is -0.493 e. The van der Waals surface area contributed by atoms with Crippen LogP contribution in [-0.4, -0.2) is 30.9 Å². The summed E-state index contributed by atoms with van der Waals surface area (Å²) in [6.07, 6.45) is 3.09. The van der Waals surface area contributed by atoms with E-state index in [-0.39, 0.29) is 11.7 Å². The Kier molecular flexibility index (Phi) is 6.09. The van der Waals surface area contributed by atoms with Crippen LogP contribution in [0.3, 0.4) is 0 Å². The largest absolute Gasteiger partial charge is 0.493 e. The SMILES string of the molecule is COc1ccc(Nc2cncc(C(=O)Nc3cccc(C(C)=O)c3)c2)cc1OC. The van der Waals surface area contributed by atoms with Crippen LogP contribution in [0.1, 0.15) is 27.6 Å². The zero-order valence-electron chi connectivity index (χ0n) is 16.4. The number of nitrogens with one attached hydrogen (secondary N) is 2. The number of amides is 1. The predicted octanol–water partition coefficient (Wildman–Crippen LogP) is 4.30. The van der Waals surface area contributed by atoms with Crippen LogP contribution in [0.2, 0.25) is 0 Å². The first-order chi connectivity index (χ1) is 14.0. The molecular weight excluding hydrogens is 370 g/mol. The van der Waals surface area contributed by atoms with Crippen molar-refractivity contribution in [1.29, 1.82) is 0 Å². The maximum absolute atomic E-state index is 12.6. The first-order valence-electron chi connectivity index (χ1n) is 8.86. The van der Waals surface area contributed by atoms with Crippen LogP contribution in [0.15, 0.2) is 60.9 Å². The standard InChI is InChI=1S/C22H21N3O4/c1-14(26)15-5-4-6-17(9-15)25-22(27)16-10-19(13-23-12-16)24-18-7-8-20(28-2)21(11-18)29-3/h4-13,24H,1-3H3,(H,25,27). The van der Waals surface area contributed by atoms with Crippen LogP contribution in [0.25, 0.3) is 0 Å². The number of Topliss-reactive ketones (excluding diaryl/α,β-unsaturated/α-hetero) is 1. The van der Waals surface area contributed by atoms with Gasteiger partial charge in [-0.3, -0.25) is 14.6 Å². The second-order valence-electron chi connectivity index (χ2n) is 6.25. The van der Waals surface area contributed by atoms with Gasteiger partial charge >= 0.3 is 0 Å². The summed E-state index contributed by atoms with van der Waals surface area (Å²) in [5, 5.41) is 5.97. The third kappa shape index (κ3) is 4.90. The number of hydrogen-bond acceptors (Lipinski definition) is 6. The van der Waals surface area contributed by atoms with E-state index in [1.54, 1.807) is 62.9 Å². The molecule has 0 aliphatic rings. The number of rotatable bonds is 7. The summed E-state index contributed by atoms with van der Waals surface area (Å²) in [4.78, 5) is 28.2. The van der Waals surface area contributed by atoms with E-state index in [9.17, 15) is 9.59 Å². The number of hydrogen-bond donors (Lipinski definition) is 2. The fraction of sp³-hybridized carbons (Fsp3) is 0.136. The summed E-state index contributed by atoms with van der Waals surface area (Å²) in [6.45, 7) is 1.48. The summed E-state index contributed by atoms with van der Waals surface area (Å²) in [5.41, 5.74) is 2.85. The number of benzene rings is 2. The van der Waals surface area contributed by atoms with Gasteiger partial charge in [0.15, 0.2) is 17.3 Å². The van der Waals surface area contributed by atoms with Crippen molar-refractivity contribution in [2.45, 2.75) is 6.92 Å². The molecule has 7 heteroatoms. The Labute approximate surface area is 168 Å². The fourth-order valence-corrected chi connectivity index (χ4v) is 2.73. The van der Waals surface area contributed by atoms with Crippen molar-refractivity contribution >= 4 is 28.8 Å². The quantitative estimate of drug-likeness (QED) is 0.584. The molecule has 1 aromatic heterocycles. The molecule has 148 valence electrons. The third-order valence-corrected chi connectivity index (χ3v) is 4.20. The lowest BCUT2D eigenvalue weighted by atomic mass is 10.1. The molecule has 0 spiro atoms. The number of nitrogens with zero attached hydrogens (tertiary/aromatic N) is 1. The van der Waals surface area contributed by atoms with E-state index >= 15 is 0 Å². The number of ether oxygens (including phenoxy) is 2. The summed E-state index contributed by atoms with van der Waals surface area (Å²) in [6, 6.07) is 13.9. The van der Waals surface area contributed by atoms with Crippen LogP contribution < -0.4 is 20.1 Å². The Balaban J connectivity index is 1.76. The second-order valence-corrected chi connectivity index (χ2v) is 6.25. The van der Waals surface area contributed by atoms with Crippen LogP contribution in [0, 0.1) is 0 Å². The van der Waals surface area contributed by atoms with Crippen LogP contribution in [0.5, 0.6) is 11.5 Å². The van der Waals surface area contributed by atoms with Gasteiger partial charge in [-0.15, -0.1) is 0 Å². The molecule has 0 aliphatic carbocycles. The van der Waals surface area contributed by atoms with Crippen molar-refractivity contribution in [1.82, 2.24) is 4.98 Å². The molecule has 3 aromatic rings. The molecule has 1 amide bonds. The summed E-state index contributed by atoms with van der Waals surface area (Å²) < 4.78 is 10.5. The lowest BCUT2D eigenvalue weighted by Gasteiger charge is -2.12. The van der Waals surface area contributed by atoms with Gasteiger partial charge in [0, 0.05) is 29.2 Å². The maximum atomic E-state index is 12.6. The molecule has 29 heavy (non-hydrogen) atoms. The van der Waals surface area contributed by atoms with Gasteiger partial charge in [-0.1, -0.05) is 12.1 Å². The first kappa shape index (κ1) is 19.9. The molecule has 3 rings (SSSR count). The number of anilines is 3. The van der Waals surface area contributed by atoms with E-state index in [2.05, 4.69) is 15.6 Å². The molecule has 2 N–H and O–H groups in total. The number of ketones is 1. The number of aromatic nitrogens is 1. The molecular formula is C22H21N3O4. The highest BCUT2D eigenvalue weighted by molar-refractivity contribution is 6.05. The molecule has 7 nitrogen and oxygen atoms in total. The van der Waals surface area contributed by atoms with Gasteiger partial charge in [-0.2, -0.15) is 0 Å². The Hall–Kier alpha value is -3.87. The van der Waals surface area contributed by atoms with Crippen LogP contribution >= 0.6 is 0 Å². The van der Waals surface area contributed by atoms with Crippen molar-refractivity contribution in [3.63, 3.8) is 0 Å². The molecule has 1 heterocycles. The Morgan fingerprint density at radius 3 is 2.31 bits per heavy atom. The minimum atomic E-state index is -0.325. The molecule has 0 bridgehead atoms. The highest BCUT2D eigenvalue weighted by Gasteiger charge is 2.10. The predicted molar refractivity (Wildman–Crippen MR) is 111 cm³/mol. The third-order valence-electron chi connectivity index (χ3n) is 4.20. The highest BCUT2D eigenvalue weighted by Crippen LogP contribution is 2.31. The van der Waals surface area contributed by atoms with Gasteiger partial charge in [0.05, 0.1) is 31.7 Å². The first-order valence-corrected chi connectivity index (χ1v) is 8.86. The molecule has 0 saturated carbocycles. The van der Waals surface area contributed by atoms with Crippen molar-refractivity contribution in [2.24, 2.45) is 0 Å². The van der Waals surface area contributed by atoms with E-state index in [4.69, 9.17) is 9.47 Å². The van der Waals surface area contributed by atoms with Gasteiger partial charge in [0.1, 0.15) is 0 Å². The zero-order valence-corrected chi connectivity index (χ0v) is 16.4. The molecule has 0 aliphatic heterocycles. The second kappa shape index (κ2) is 8.88. The van der Waals surface area contributed by atoms with Gasteiger partial charge in [-0.05, 0) is 37.3 Å². The van der Waals surface area contributed by atoms with E-state index in [1.807, 2.05) is 6.07 Å². The molecule has 0 unspecified atom stereocenters. The highest BCUT2D eigenvalue weighted by atomic mass is 16.5. The van der Waals surface area contributed by atoms with Crippen molar-refractivity contribution in [2.75, 3.05) is 24.9 Å². The van der Waals surface area contributed by atoms with E-state index in [0.29, 0.717) is 34.0 Å². The summed E-state index contributed by atoms with van der Waals surface area (Å²) in [7, 11) is 3.14. The van der Waals surface area contributed by atoms with E-state index in [1.165, 1.54) is 13.1 Å². The number of carbonyl (C=O) groups excluding carboxylic acids is 2. The monoisotopic (exact) mass is 391 g/mol. The van der Waals surface area contributed by atoms with Crippen LogP contribution in [0.4, 0.5) is 17.1 Å². The molecule has 0 radical (unpaired) electrons. The van der Waals surface area contributed by atoms with Gasteiger partial charge in [0.2, 0.25) is 0 Å². The van der Waals surface area contributed by atoms with Crippen molar-refractivity contribution in [3.8, 4) is 11.5 Å². The van der Waals surface area contributed by atoms with E-state index in [0.717, 1.165) is 5.69 Å². The average molecular weight is 391 g/mol. The molecule has 0 saturated heterocycles. The van der Waals surface area contributed by atoms with Crippen molar-refractivity contribution < 1.29 is 19.1 Å². The van der Waals surface area contributed by atoms with Crippen LogP contribution in [-0.2, 0) is 0 Å². The topological polar surface area (TPSA) is 89.5 Å². The summed E-state index contributed by atoms with van der Waals surface area (Å²) in [5.74, 6) is 0.819. The molecule has 0 atom stereocenters.